The number of hydrogen-bond acceptors (Lipinski definition) is 5. The molecule has 0 unspecified atom stereocenters. The fourth-order valence-electron chi connectivity index (χ4n) is 3.03. The number of nitrogens with one attached hydrogen (secondary N) is 1. The van der Waals surface area contributed by atoms with Crippen LogP contribution < -0.4 is 14.4 Å². The Morgan fingerprint density at radius 3 is 2.53 bits per heavy atom. The monoisotopic (exact) mass is 446 g/mol. The maximum Gasteiger partial charge on any atom is 0.264 e. The van der Waals surface area contributed by atoms with Crippen LogP contribution in [0.25, 0.3) is 10.1 Å². The Balaban J connectivity index is 1.90. The number of hydrogen-bond donors (Lipinski definition) is 1. The number of nitrogens with zero attached hydrogens (tertiary/aromatic N) is 1. The van der Waals surface area contributed by atoms with Crippen LogP contribution in [0.3, 0.4) is 0 Å². The number of carbonyl (C=O) groups is 1. The molecule has 1 heterocycles. The van der Waals surface area contributed by atoms with Crippen molar-refractivity contribution in [3.63, 3.8) is 0 Å². The normalized spacial score (nSPS) is 11.7. The molecule has 1 N–H and O–H groups in total. The van der Waals surface area contributed by atoms with Crippen LogP contribution in [-0.2, 0) is 10.0 Å². The van der Waals surface area contributed by atoms with E-state index in [2.05, 4.69) is 5.32 Å². The second kappa shape index (κ2) is 8.65. The van der Waals surface area contributed by atoms with Crippen molar-refractivity contribution in [2.24, 2.45) is 5.92 Å². The van der Waals surface area contributed by atoms with Crippen molar-refractivity contribution in [3.8, 4) is 5.75 Å². The largest absolute Gasteiger partial charge is 0.496 e. The van der Waals surface area contributed by atoms with Gasteiger partial charge in [0.05, 0.1) is 22.6 Å². The summed E-state index contributed by atoms with van der Waals surface area (Å²) in [5.74, 6) is 0.899. The van der Waals surface area contributed by atoms with Crippen molar-refractivity contribution in [2.75, 3.05) is 25.0 Å². The lowest BCUT2D eigenvalue weighted by Gasteiger charge is -2.20. The number of fused-ring (bicyclic) bond motifs is 1. The molecule has 0 spiro atoms. The number of sulfonamides is 1. The number of methoxy groups -OCH3 is 1. The zero-order chi connectivity index (χ0) is 22.1. The van der Waals surface area contributed by atoms with Gasteiger partial charge in [-0.05, 0) is 66.3 Å². The number of rotatable bonds is 7. The first kappa shape index (κ1) is 22.1. The lowest BCUT2D eigenvalue weighted by atomic mass is 10.2. The molecule has 8 heteroatoms. The summed E-state index contributed by atoms with van der Waals surface area (Å²) in [4.78, 5) is 13.2. The molecular weight excluding hydrogens is 420 g/mol. The molecule has 6 nitrogen and oxygen atoms in total. The Morgan fingerprint density at radius 1 is 1.17 bits per heavy atom. The Hall–Kier alpha value is -2.58. The molecule has 0 aliphatic carbocycles. The Bertz CT molecular complexity index is 1180. The zero-order valence-electron chi connectivity index (χ0n) is 17.7. The molecule has 0 saturated carbocycles. The van der Waals surface area contributed by atoms with E-state index in [4.69, 9.17) is 4.74 Å². The van der Waals surface area contributed by atoms with Gasteiger partial charge in [0.25, 0.3) is 15.9 Å². The third kappa shape index (κ3) is 4.44. The van der Waals surface area contributed by atoms with Crippen LogP contribution in [0.4, 0.5) is 5.69 Å². The highest BCUT2D eigenvalue weighted by Gasteiger charge is 2.23. The van der Waals surface area contributed by atoms with Gasteiger partial charge >= 0.3 is 0 Å². The summed E-state index contributed by atoms with van der Waals surface area (Å²) in [7, 11) is -0.656. The van der Waals surface area contributed by atoms with Crippen LogP contribution in [0, 0.1) is 12.8 Å². The van der Waals surface area contributed by atoms with Gasteiger partial charge in [0.15, 0.2) is 0 Å². The Kier molecular flexibility index (Phi) is 6.38. The van der Waals surface area contributed by atoms with Crippen molar-refractivity contribution < 1.29 is 17.9 Å². The van der Waals surface area contributed by atoms with E-state index in [1.807, 2.05) is 19.9 Å². The van der Waals surface area contributed by atoms with E-state index in [1.165, 1.54) is 28.8 Å². The van der Waals surface area contributed by atoms with Crippen LogP contribution in [0.15, 0.2) is 47.4 Å². The number of benzene rings is 2. The summed E-state index contributed by atoms with van der Waals surface area (Å²) >= 11 is 1.39. The van der Waals surface area contributed by atoms with E-state index in [0.717, 1.165) is 15.6 Å². The fourth-order valence-corrected chi connectivity index (χ4v) is 5.26. The SMILES string of the molecule is COc1ccc(S(=O)(=O)N(C)c2ccc3sc(C(=O)NCC(C)C)cc3c2)cc1C. The molecule has 1 amide bonds. The van der Waals surface area contributed by atoms with E-state index in [0.29, 0.717) is 28.8 Å². The number of ether oxygens (including phenoxy) is 1. The average molecular weight is 447 g/mol. The highest BCUT2D eigenvalue weighted by Crippen LogP contribution is 2.32. The molecule has 0 bridgehead atoms. The lowest BCUT2D eigenvalue weighted by molar-refractivity contribution is 0.0953. The maximum absolute atomic E-state index is 13.1. The van der Waals surface area contributed by atoms with E-state index >= 15 is 0 Å². The predicted octanol–water partition coefficient (Wildman–Crippen LogP) is 4.43. The molecule has 0 fully saturated rings. The van der Waals surface area contributed by atoms with E-state index < -0.39 is 10.0 Å². The Morgan fingerprint density at radius 2 is 1.90 bits per heavy atom. The van der Waals surface area contributed by atoms with Crippen LogP contribution in [0.5, 0.6) is 5.75 Å². The van der Waals surface area contributed by atoms with Crippen molar-refractivity contribution in [3.05, 3.63) is 52.9 Å². The maximum atomic E-state index is 13.1. The van der Waals surface area contributed by atoms with E-state index in [-0.39, 0.29) is 10.8 Å². The van der Waals surface area contributed by atoms with Crippen molar-refractivity contribution >= 4 is 43.0 Å². The molecule has 2 aromatic carbocycles. The number of aryl methyl sites for hydroxylation is 1. The first-order valence-electron chi connectivity index (χ1n) is 9.59. The van der Waals surface area contributed by atoms with Gasteiger partial charge in [0.2, 0.25) is 0 Å². The van der Waals surface area contributed by atoms with Crippen LogP contribution in [-0.4, -0.2) is 35.0 Å². The number of anilines is 1. The average Bonchev–Trinajstić information content (AvgIpc) is 3.14. The van der Waals surface area contributed by atoms with Crippen molar-refractivity contribution in [1.29, 1.82) is 0 Å². The molecule has 3 aromatic rings. The molecule has 0 radical (unpaired) electrons. The van der Waals surface area contributed by atoms with Crippen LogP contribution in [0.2, 0.25) is 0 Å². The topological polar surface area (TPSA) is 75.7 Å². The van der Waals surface area contributed by atoms with Gasteiger partial charge < -0.3 is 10.1 Å². The molecule has 0 aliphatic rings. The first-order valence-corrected chi connectivity index (χ1v) is 11.8. The fraction of sp³-hybridized carbons (Fsp3) is 0.318. The van der Waals surface area contributed by atoms with Gasteiger partial charge in [0.1, 0.15) is 5.75 Å². The summed E-state index contributed by atoms with van der Waals surface area (Å²) in [5.41, 5.74) is 1.28. The van der Waals surface area contributed by atoms with Crippen molar-refractivity contribution in [2.45, 2.75) is 25.7 Å². The summed E-state index contributed by atoms with van der Waals surface area (Å²) in [5, 5.41) is 3.75. The third-order valence-corrected chi connectivity index (χ3v) is 7.68. The smallest absolute Gasteiger partial charge is 0.264 e. The summed E-state index contributed by atoms with van der Waals surface area (Å²) in [6.07, 6.45) is 0. The van der Waals surface area contributed by atoms with Gasteiger partial charge in [-0.1, -0.05) is 13.8 Å². The minimum atomic E-state index is -3.73. The summed E-state index contributed by atoms with van der Waals surface area (Å²) in [6, 6.07) is 12.0. The van der Waals surface area contributed by atoms with Crippen molar-refractivity contribution in [1.82, 2.24) is 5.32 Å². The Labute approximate surface area is 181 Å². The number of amides is 1. The minimum Gasteiger partial charge on any atom is -0.496 e. The molecule has 0 saturated heterocycles. The van der Waals surface area contributed by atoms with E-state index in [9.17, 15) is 13.2 Å². The minimum absolute atomic E-state index is 0.110. The molecular formula is C22H26N2O4S2. The molecule has 160 valence electrons. The molecule has 3 rings (SSSR count). The standard InChI is InChI=1S/C22H26N2O4S2/c1-14(2)13-23-22(25)21-12-16-11-17(6-9-20(16)29-21)24(4)30(26,27)18-7-8-19(28-5)15(3)10-18/h6-12,14H,13H2,1-5H3,(H,23,25). The quantitative estimate of drug-likeness (QED) is 0.583. The second-order valence-electron chi connectivity index (χ2n) is 7.54. The highest BCUT2D eigenvalue weighted by atomic mass is 32.2. The van der Waals surface area contributed by atoms with Crippen LogP contribution in [0.1, 0.15) is 29.1 Å². The second-order valence-corrected chi connectivity index (χ2v) is 10.6. The third-order valence-electron chi connectivity index (χ3n) is 4.78. The number of carbonyl (C=O) groups excluding carboxylic acids is 1. The summed E-state index contributed by atoms with van der Waals surface area (Å²) in [6.45, 7) is 6.50. The molecule has 0 aliphatic heterocycles. The molecule has 30 heavy (non-hydrogen) atoms. The lowest BCUT2D eigenvalue weighted by Crippen LogP contribution is -2.26. The van der Waals surface area contributed by atoms with Gasteiger partial charge in [-0.3, -0.25) is 9.10 Å². The van der Waals surface area contributed by atoms with Gasteiger partial charge in [-0.2, -0.15) is 0 Å². The molecule has 1 aromatic heterocycles. The molecule has 0 atom stereocenters. The van der Waals surface area contributed by atoms with Gasteiger partial charge in [-0.15, -0.1) is 11.3 Å². The summed E-state index contributed by atoms with van der Waals surface area (Å²) < 4.78 is 33.6. The van der Waals surface area contributed by atoms with Gasteiger partial charge in [-0.25, -0.2) is 8.42 Å². The van der Waals surface area contributed by atoms with Crippen LogP contribution >= 0.6 is 11.3 Å². The van der Waals surface area contributed by atoms with E-state index in [1.54, 1.807) is 44.4 Å². The highest BCUT2D eigenvalue weighted by molar-refractivity contribution is 7.92. The van der Waals surface area contributed by atoms with Gasteiger partial charge in [0, 0.05) is 18.3 Å². The first-order chi connectivity index (χ1) is 14.1. The zero-order valence-corrected chi connectivity index (χ0v) is 19.4. The number of thiophene rings is 1. The predicted molar refractivity (Wildman–Crippen MR) is 122 cm³/mol.